The first-order valence-corrected chi connectivity index (χ1v) is 14.2. The van der Waals surface area contributed by atoms with E-state index in [1.165, 1.54) is 10.9 Å². The first-order valence-electron chi connectivity index (χ1n) is 9.70. The molecule has 6 N–H and O–H groups in total. The van der Waals surface area contributed by atoms with Crippen LogP contribution >= 0.6 is 23.5 Å². The Bertz CT molecular complexity index is 1400. The maximum Gasteiger partial charge on any atom is 0.490 e. The lowest BCUT2D eigenvalue weighted by Crippen LogP contribution is -2.35. The quantitative estimate of drug-likeness (QED) is 0.0829. The fourth-order valence-electron chi connectivity index (χ4n) is 3.28. The van der Waals surface area contributed by atoms with Crippen LogP contribution in [-0.2, 0) is 36.3 Å². The summed E-state index contributed by atoms with van der Waals surface area (Å²) < 4.78 is 59.5. The summed E-state index contributed by atoms with van der Waals surface area (Å²) in [6.45, 7) is 7.56. The molecule has 0 spiro atoms. The fraction of sp³-hybridized carbons (Fsp3) is 0.500. The number of hydrogen-bond acceptors (Lipinski definition) is 12. The topological polar surface area (TPSA) is 288 Å². The normalized spacial score (nSPS) is 24.9. The van der Waals surface area contributed by atoms with E-state index < -0.39 is 54.4 Å². The van der Waals surface area contributed by atoms with Crippen LogP contribution in [0.5, 0.6) is 0 Å². The van der Waals surface area contributed by atoms with E-state index >= 15 is 0 Å². The van der Waals surface area contributed by atoms with Gasteiger partial charge in [-0.3, -0.25) is 14.1 Å². The van der Waals surface area contributed by atoms with Gasteiger partial charge in [-0.15, -0.1) is 0 Å². The summed E-state index contributed by atoms with van der Waals surface area (Å²) in [5, 5.41) is 3.77. The third kappa shape index (κ3) is 7.54. The molecule has 0 aliphatic carbocycles. The van der Waals surface area contributed by atoms with Gasteiger partial charge in [-0.05, 0) is 11.6 Å². The van der Waals surface area contributed by atoms with Crippen molar-refractivity contribution in [2.24, 2.45) is 5.11 Å². The molecule has 3 heterocycles. The van der Waals surface area contributed by atoms with E-state index in [0.29, 0.717) is 11.0 Å². The maximum absolute atomic E-state index is 12.1. The number of nitrogen functional groups attached to an aromatic ring is 1. The summed E-state index contributed by atoms with van der Waals surface area (Å²) in [4.78, 5) is 50.0. The van der Waals surface area contributed by atoms with Crippen molar-refractivity contribution >= 4 is 40.3 Å². The second kappa shape index (κ2) is 10.7. The van der Waals surface area contributed by atoms with Gasteiger partial charge in [0.15, 0.2) is 0 Å². The molecule has 0 bridgehead atoms. The van der Waals surface area contributed by atoms with Crippen molar-refractivity contribution in [3.63, 3.8) is 0 Å². The van der Waals surface area contributed by atoms with Gasteiger partial charge in [0, 0.05) is 29.6 Å². The van der Waals surface area contributed by atoms with Crippen LogP contribution in [0, 0.1) is 6.57 Å². The van der Waals surface area contributed by atoms with Gasteiger partial charge in [0.1, 0.15) is 30.1 Å². The van der Waals surface area contributed by atoms with Crippen LogP contribution in [0.25, 0.3) is 26.3 Å². The Kier molecular flexibility index (Phi) is 8.44. The van der Waals surface area contributed by atoms with Gasteiger partial charge >= 0.3 is 29.3 Å². The van der Waals surface area contributed by atoms with Crippen molar-refractivity contribution in [1.29, 1.82) is 0 Å². The number of anilines is 1. The summed E-state index contributed by atoms with van der Waals surface area (Å²) in [5.41, 5.74) is 15.0. The predicted octanol–water partition coefficient (Wildman–Crippen LogP) is 1.93. The Morgan fingerprint density at radius 3 is 2.62 bits per heavy atom. The van der Waals surface area contributed by atoms with Crippen molar-refractivity contribution < 1.29 is 55.9 Å². The van der Waals surface area contributed by atoms with E-state index in [1.54, 1.807) is 12.3 Å². The number of phosphoric ester groups is 1. The Hall–Kier alpha value is -2.45. The zero-order valence-corrected chi connectivity index (χ0v) is 21.2. The van der Waals surface area contributed by atoms with Crippen LogP contribution in [0.15, 0.2) is 23.7 Å². The number of azide groups is 1. The number of phosphoric acid groups is 3. The minimum atomic E-state index is -5.74. The van der Waals surface area contributed by atoms with Gasteiger partial charge in [0.25, 0.3) is 0 Å². The summed E-state index contributed by atoms with van der Waals surface area (Å²) in [6, 6.07) is 1.60. The Labute approximate surface area is 206 Å². The molecule has 202 valence electrons. The molecule has 0 saturated carbocycles. The molecular weight excluding hydrogens is 565 g/mol. The van der Waals surface area contributed by atoms with Crippen molar-refractivity contribution in [2.45, 2.75) is 37.6 Å². The highest BCUT2D eigenvalue weighted by Gasteiger charge is 2.46. The van der Waals surface area contributed by atoms with Crippen LogP contribution in [0.3, 0.4) is 0 Å². The van der Waals surface area contributed by atoms with E-state index in [-0.39, 0.29) is 12.2 Å². The maximum atomic E-state index is 12.1. The van der Waals surface area contributed by atoms with Gasteiger partial charge < -0.3 is 34.6 Å². The molecular formula is C14H19N8O12P3. The van der Waals surface area contributed by atoms with E-state index in [4.69, 9.17) is 37.1 Å². The SMILES string of the molecule is [C-]#[N+]C(C)(N=[N+]=[N-])O[C@@H]1C[C@H](n2ccc3c(N)ncnc32)O[C@@H]1COP(=O)(O)OP(=O)(O)OP(=O)(O)O. The molecule has 1 aliphatic heterocycles. The number of aromatic nitrogens is 3. The average Bonchev–Trinajstić information content (AvgIpc) is 3.34. The lowest BCUT2D eigenvalue weighted by atomic mass is 10.2. The lowest BCUT2D eigenvalue weighted by Gasteiger charge is -2.23. The van der Waals surface area contributed by atoms with Crippen LogP contribution in [-0.4, -0.2) is 58.8 Å². The van der Waals surface area contributed by atoms with Crippen molar-refractivity contribution in [1.82, 2.24) is 14.5 Å². The number of rotatable bonds is 11. The van der Waals surface area contributed by atoms with E-state index in [9.17, 15) is 23.5 Å². The largest absolute Gasteiger partial charge is 0.490 e. The highest BCUT2D eigenvalue weighted by molar-refractivity contribution is 7.66. The van der Waals surface area contributed by atoms with Crippen molar-refractivity contribution in [3.8, 4) is 0 Å². The number of hydrogen-bond donors (Lipinski definition) is 5. The highest BCUT2D eigenvalue weighted by atomic mass is 31.3. The summed E-state index contributed by atoms with van der Waals surface area (Å²) in [5.74, 6) is -1.86. The van der Waals surface area contributed by atoms with Crippen LogP contribution in [0.2, 0.25) is 0 Å². The summed E-state index contributed by atoms with van der Waals surface area (Å²) in [7, 11) is -16.8. The molecule has 6 atom stereocenters. The summed E-state index contributed by atoms with van der Waals surface area (Å²) >= 11 is 0. The van der Waals surface area contributed by atoms with Gasteiger partial charge in [-0.1, -0.05) is 0 Å². The van der Waals surface area contributed by atoms with Gasteiger partial charge in [0.05, 0.1) is 18.1 Å². The smallest absolute Gasteiger partial charge is 0.383 e. The Balaban J connectivity index is 1.83. The number of ether oxygens (including phenoxy) is 2. The molecule has 1 fully saturated rings. The molecule has 1 aliphatic rings. The molecule has 0 amide bonds. The van der Waals surface area contributed by atoms with Crippen LogP contribution < -0.4 is 5.73 Å². The second-order valence-electron chi connectivity index (χ2n) is 7.36. The standard InChI is InChI=1S/C14H19N8O12P3/c1-14(17-2,20-21-16)32-9-5-11(22-4-3-8-12(15)18-7-19-13(8)22)31-10(9)6-30-36(26,27)34-37(28,29)33-35(23,24)25/h3-4,7,9-11H,5-6H2,1H3,(H,26,27)(H,28,29)(H2,15,18,19)(H2,23,24,25)/t9-,10-,11-,14?/m1/s1. The first-order chi connectivity index (χ1) is 17.1. The third-order valence-corrected chi connectivity index (χ3v) is 8.46. The number of fused-ring (bicyclic) bond motifs is 1. The minimum Gasteiger partial charge on any atom is -0.383 e. The molecule has 2 aromatic heterocycles. The molecule has 3 rings (SSSR count). The molecule has 37 heavy (non-hydrogen) atoms. The van der Waals surface area contributed by atoms with Crippen molar-refractivity contribution in [2.75, 3.05) is 12.3 Å². The molecule has 23 heteroatoms. The van der Waals surface area contributed by atoms with E-state index in [2.05, 4.69) is 38.0 Å². The average molecular weight is 584 g/mol. The molecule has 20 nitrogen and oxygen atoms in total. The lowest BCUT2D eigenvalue weighted by molar-refractivity contribution is -0.0985. The minimum absolute atomic E-state index is 0.0375. The van der Waals surface area contributed by atoms with E-state index in [0.717, 1.165) is 6.92 Å². The molecule has 2 aromatic rings. The number of nitrogens with two attached hydrogens (primary N) is 1. The third-order valence-electron chi connectivity index (χ3n) is 4.66. The van der Waals surface area contributed by atoms with Gasteiger partial charge in [0.2, 0.25) is 0 Å². The Morgan fingerprint density at radius 2 is 2.00 bits per heavy atom. The van der Waals surface area contributed by atoms with Gasteiger partial charge in [-0.2, -0.15) is 8.62 Å². The molecule has 3 unspecified atom stereocenters. The molecule has 0 radical (unpaired) electrons. The fourth-order valence-corrected chi connectivity index (χ4v) is 6.31. The van der Waals surface area contributed by atoms with Crippen LogP contribution in [0.1, 0.15) is 19.6 Å². The zero-order chi connectivity index (χ0) is 27.6. The van der Waals surface area contributed by atoms with Gasteiger partial charge in [-0.25, -0.2) is 30.2 Å². The predicted molar refractivity (Wildman–Crippen MR) is 119 cm³/mol. The monoisotopic (exact) mass is 584 g/mol. The number of nitrogens with zero attached hydrogens (tertiary/aromatic N) is 7. The first kappa shape index (κ1) is 29.1. The molecule has 1 saturated heterocycles. The molecule has 0 aromatic carbocycles. The highest BCUT2D eigenvalue weighted by Crippen LogP contribution is 2.66. The summed E-state index contributed by atoms with van der Waals surface area (Å²) in [6.07, 6.45) is -0.553. The van der Waals surface area contributed by atoms with Crippen LogP contribution in [0.4, 0.5) is 5.82 Å². The van der Waals surface area contributed by atoms with Crippen molar-refractivity contribution in [3.05, 3.63) is 40.5 Å². The second-order valence-corrected chi connectivity index (χ2v) is 11.8. The Morgan fingerprint density at radius 1 is 1.30 bits per heavy atom. The van der Waals surface area contributed by atoms with E-state index in [1.807, 2.05) is 0 Å². The zero-order valence-electron chi connectivity index (χ0n) is 18.5.